The van der Waals surface area contributed by atoms with Gasteiger partial charge in [-0.25, -0.2) is 14.3 Å². The molecule has 0 saturated heterocycles. The Bertz CT molecular complexity index is 2200. The topological polar surface area (TPSA) is 85.8 Å². The SMILES string of the molecule is O=C(O)CCC(Cc1ccc(-c2cc(-n3cccn3)nc(-n3cccn3)c2)cc1)c1ccc2ccc3cccc4ccc1c2c34. The van der Waals surface area contributed by atoms with Gasteiger partial charge in [-0.2, -0.15) is 10.2 Å². The van der Waals surface area contributed by atoms with E-state index in [2.05, 4.69) is 89.1 Å². The number of carboxylic acid groups (broad SMARTS) is 1. The van der Waals surface area contributed by atoms with Crippen LogP contribution in [0.4, 0.5) is 0 Å². The van der Waals surface area contributed by atoms with Crippen molar-refractivity contribution in [3.63, 3.8) is 0 Å². The Hall–Kier alpha value is -5.82. The highest BCUT2D eigenvalue weighted by molar-refractivity contribution is 6.23. The number of rotatable bonds is 9. The van der Waals surface area contributed by atoms with E-state index in [-0.39, 0.29) is 12.3 Å². The quantitative estimate of drug-likeness (QED) is 0.172. The summed E-state index contributed by atoms with van der Waals surface area (Å²) < 4.78 is 3.49. The molecule has 0 bridgehead atoms. The van der Waals surface area contributed by atoms with Crippen LogP contribution >= 0.6 is 0 Å². The fourth-order valence-electron chi connectivity index (χ4n) is 6.61. The zero-order valence-electron chi connectivity index (χ0n) is 24.4. The highest BCUT2D eigenvalue weighted by atomic mass is 16.4. The van der Waals surface area contributed by atoms with Crippen molar-refractivity contribution in [3.8, 4) is 22.8 Å². The first-order valence-electron chi connectivity index (χ1n) is 15.1. The van der Waals surface area contributed by atoms with Gasteiger partial charge >= 0.3 is 5.97 Å². The van der Waals surface area contributed by atoms with Gasteiger partial charge in [0.2, 0.25) is 0 Å². The average molecular weight is 588 g/mol. The molecule has 7 nitrogen and oxygen atoms in total. The van der Waals surface area contributed by atoms with Crippen LogP contribution in [0, 0.1) is 0 Å². The average Bonchev–Trinajstić information content (AvgIpc) is 3.82. The minimum Gasteiger partial charge on any atom is -0.481 e. The number of aromatic nitrogens is 5. The van der Waals surface area contributed by atoms with E-state index in [4.69, 9.17) is 4.98 Å². The maximum atomic E-state index is 11.7. The predicted octanol–water partition coefficient (Wildman–Crippen LogP) is 8.21. The molecule has 0 radical (unpaired) electrons. The van der Waals surface area contributed by atoms with E-state index in [9.17, 15) is 9.90 Å². The lowest BCUT2D eigenvalue weighted by atomic mass is 9.83. The van der Waals surface area contributed by atoms with Crippen molar-refractivity contribution >= 4 is 38.3 Å². The minimum atomic E-state index is -0.772. The molecule has 1 atom stereocenters. The molecule has 5 aromatic carbocycles. The van der Waals surface area contributed by atoms with Gasteiger partial charge in [0.05, 0.1) is 0 Å². The Morgan fingerprint density at radius 3 is 1.93 bits per heavy atom. The molecule has 0 aliphatic carbocycles. The second-order valence-electron chi connectivity index (χ2n) is 11.5. The van der Waals surface area contributed by atoms with E-state index in [1.165, 1.54) is 37.9 Å². The fraction of sp³-hybridized carbons (Fsp3) is 0.105. The molecule has 3 heterocycles. The van der Waals surface area contributed by atoms with Gasteiger partial charge in [0.1, 0.15) is 0 Å². The summed E-state index contributed by atoms with van der Waals surface area (Å²) in [4.78, 5) is 16.5. The van der Waals surface area contributed by atoms with Gasteiger partial charge in [0, 0.05) is 31.2 Å². The van der Waals surface area contributed by atoms with Crippen molar-refractivity contribution in [1.82, 2.24) is 24.5 Å². The summed E-state index contributed by atoms with van der Waals surface area (Å²) in [5.41, 5.74) is 4.41. The lowest BCUT2D eigenvalue weighted by molar-refractivity contribution is -0.137. The number of benzene rings is 5. The van der Waals surface area contributed by atoms with Crippen molar-refractivity contribution in [3.05, 3.63) is 139 Å². The molecule has 0 saturated carbocycles. The van der Waals surface area contributed by atoms with Crippen molar-refractivity contribution in [2.45, 2.75) is 25.2 Å². The van der Waals surface area contributed by atoms with Gasteiger partial charge in [-0.3, -0.25) is 4.79 Å². The third kappa shape index (κ3) is 4.98. The highest BCUT2D eigenvalue weighted by Gasteiger charge is 2.20. The van der Waals surface area contributed by atoms with Crippen molar-refractivity contribution < 1.29 is 9.90 Å². The Morgan fingerprint density at radius 1 is 0.689 bits per heavy atom. The first kappa shape index (κ1) is 26.8. The predicted molar refractivity (Wildman–Crippen MR) is 177 cm³/mol. The van der Waals surface area contributed by atoms with Gasteiger partial charge in [0.25, 0.3) is 0 Å². The summed E-state index contributed by atoms with van der Waals surface area (Å²) >= 11 is 0. The van der Waals surface area contributed by atoms with Crippen LogP contribution in [0.5, 0.6) is 0 Å². The van der Waals surface area contributed by atoms with Gasteiger partial charge in [-0.15, -0.1) is 0 Å². The standard InChI is InChI=1S/C38H29N5O2/c44-36(45)17-14-30(32-15-12-29-11-10-27-4-1-5-28-13-16-33(32)38(29)37(27)28)22-25-6-8-26(9-7-25)31-23-34(42-20-2-18-39-42)41-35(24-31)43-21-3-19-40-43/h1-13,15-16,18-21,23-24,30H,14,17,22H2,(H,44,45). The van der Waals surface area contributed by atoms with Crippen LogP contribution in [0.2, 0.25) is 0 Å². The van der Waals surface area contributed by atoms with Gasteiger partial charge < -0.3 is 5.11 Å². The number of nitrogens with zero attached hydrogens (tertiary/aromatic N) is 5. The van der Waals surface area contributed by atoms with Crippen molar-refractivity contribution in [2.24, 2.45) is 0 Å². The van der Waals surface area contributed by atoms with Crippen LogP contribution in [-0.4, -0.2) is 35.6 Å². The lowest BCUT2D eigenvalue weighted by Crippen LogP contribution is -2.08. The maximum Gasteiger partial charge on any atom is 0.303 e. The minimum absolute atomic E-state index is 0.0512. The van der Waals surface area contributed by atoms with Crippen LogP contribution in [0.1, 0.15) is 29.9 Å². The Morgan fingerprint density at radius 2 is 1.31 bits per heavy atom. The molecule has 1 N–H and O–H groups in total. The summed E-state index contributed by atoms with van der Waals surface area (Å²) in [5, 5.41) is 25.8. The number of carbonyl (C=O) groups is 1. The fourth-order valence-corrected chi connectivity index (χ4v) is 6.61. The number of pyridine rings is 1. The van der Waals surface area contributed by atoms with Crippen LogP contribution in [0.3, 0.4) is 0 Å². The van der Waals surface area contributed by atoms with E-state index in [0.29, 0.717) is 18.1 Å². The summed E-state index contributed by atoms with van der Waals surface area (Å²) in [5.74, 6) is 0.687. The Kier molecular flexibility index (Phi) is 6.56. The monoisotopic (exact) mass is 587 g/mol. The van der Waals surface area contributed by atoms with E-state index in [1.807, 2.05) is 36.7 Å². The molecule has 7 heteroatoms. The molecule has 0 amide bonds. The molecule has 8 rings (SSSR count). The number of hydrogen-bond acceptors (Lipinski definition) is 4. The number of aliphatic carboxylic acids is 1. The molecule has 218 valence electrons. The summed E-state index contributed by atoms with van der Waals surface area (Å²) in [6, 6.07) is 36.0. The highest BCUT2D eigenvalue weighted by Crippen LogP contribution is 2.40. The smallest absolute Gasteiger partial charge is 0.303 e. The van der Waals surface area contributed by atoms with E-state index in [1.54, 1.807) is 21.8 Å². The lowest BCUT2D eigenvalue weighted by Gasteiger charge is -2.21. The van der Waals surface area contributed by atoms with E-state index in [0.717, 1.165) is 23.1 Å². The zero-order valence-corrected chi connectivity index (χ0v) is 24.4. The summed E-state index contributed by atoms with van der Waals surface area (Å²) in [6.07, 6.45) is 8.64. The number of carboxylic acids is 1. The van der Waals surface area contributed by atoms with Gasteiger partial charge in [-0.05, 0) is 97.6 Å². The zero-order chi connectivity index (χ0) is 30.3. The molecule has 1 unspecified atom stereocenters. The van der Waals surface area contributed by atoms with Crippen LogP contribution in [-0.2, 0) is 11.2 Å². The molecule has 45 heavy (non-hydrogen) atoms. The molecular weight excluding hydrogens is 558 g/mol. The first-order chi connectivity index (χ1) is 22.1. The Balaban J connectivity index is 1.16. The second-order valence-corrected chi connectivity index (χ2v) is 11.5. The molecule has 8 aromatic rings. The molecule has 0 aliphatic heterocycles. The molecule has 0 aliphatic rings. The van der Waals surface area contributed by atoms with Crippen LogP contribution in [0.15, 0.2) is 128 Å². The summed E-state index contributed by atoms with van der Waals surface area (Å²) in [6.45, 7) is 0. The molecule has 0 fully saturated rings. The third-order valence-electron chi connectivity index (χ3n) is 8.75. The number of hydrogen-bond donors (Lipinski definition) is 1. The maximum absolute atomic E-state index is 11.7. The molecule has 0 spiro atoms. The normalized spacial score (nSPS) is 12.4. The van der Waals surface area contributed by atoms with Gasteiger partial charge in [0.15, 0.2) is 11.6 Å². The Labute approximate surface area is 259 Å². The van der Waals surface area contributed by atoms with Crippen LogP contribution in [0.25, 0.3) is 55.1 Å². The van der Waals surface area contributed by atoms with Crippen molar-refractivity contribution in [1.29, 1.82) is 0 Å². The second kappa shape index (κ2) is 11.0. The van der Waals surface area contributed by atoms with E-state index >= 15 is 0 Å². The third-order valence-corrected chi connectivity index (χ3v) is 8.75. The largest absolute Gasteiger partial charge is 0.481 e. The van der Waals surface area contributed by atoms with Gasteiger partial charge in [-0.1, -0.05) is 78.9 Å². The van der Waals surface area contributed by atoms with Crippen molar-refractivity contribution in [2.75, 3.05) is 0 Å². The first-order valence-corrected chi connectivity index (χ1v) is 15.1. The molecular formula is C38H29N5O2. The molecule has 3 aromatic heterocycles. The van der Waals surface area contributed by atoms with E-state index < -0.39 is 5.97 Å². The summed E-state index contributed by atoms with van der Waals surface area (Å²) in [7, 11) is 0. The van der Waals surface area contributed by atoms with Crippen LogP contribution < -0.4 is 0 Å².